The molecule has 1 N–H and O–H groups in total. The number of likely N-dealkylation sites (tertiary alicyclic amines) is 3. The van der Waals surface area contributed by atoms with Gasteiger partial charge in [-0.3, -0.25) is 19.6 Å². The lowest BCUT2D eigenvalue weighted by molar-refractivity contribution is -0.0749. The van der Waals surface area contributed by atoms with E-state index in [2.05, 4.69) is 99.1 Å². The summed E-state index contributed by atoms with van der Waals surface area (Å²) >= 11 is 0. The Morgan fingerprint density at radius 2 is 0.825 bits per heavy atom. The SMILES string of the molecule is CC(C)N1C2CC3CC(C2)CC1C3.CC(C)N1CC2CC1CN2.CC(C)N1CC2CCC(C2)C1.CC(C)N1CC2CCCC1C2.CC(C)N1CC2CCCC1CC2. The Bertz CT molecular complexity index is 1150. The van der Waals surface area contributed by atoms with Crippen LogP contribution in [0.15, 0.2) is 0 Å². The van der Waals surface area contributed by atoms with E-state index in [0.29, 0.717) is 0 Å². The van der Waals surface area contributed by atoms with Crippen LogP contribution in [0.1, 0.15) is 185 Å². The average Bonchev–Trinajstić information content (AvgIpc) is 3.88. The summed E-state index contributed by atoms with van der Waals surface area (Å²) in [5.41, 5.74) is 0. The monoisotopic (exact) mass is 793 g/mol. The second kappa shape index (κ2) is 20.3. The average molecular weight is 793 g/mol. The molecule has 13 fully saturated rings. The summed E-state index contributed by atoms with van der Waals surface area (Å²) in [6.07, 6.45) is 27.0. The molecule has 12 bridgehead atoms. The first-order valence-corrected chi connectivity index (χ1v) is 25.8. The van der Waals surface area contributed by atoms with E-state index < -0.39 is 0 Å². The smallest absolute Gasteiger partial charge is 0.0239 e. The summed E-state index contributed by atoms with van der Waals surface area (Å²) in [6, 6.07) is 9.35. The van der Waals surface area contributed by atoms with Gasteiger partial charge in [0, 0.05) is 106 Å². The van der Waals surface area contributed by atoms with Crippen molar-refractivity contribution in [2.75, 3.05) is 39.3 Å². The normalized spacial score (nSPS) is 40.9. The van der Waals surface area contributed by atoms with Gasteiger partial charge in [0.25, 0.3) is 0 Å². The van der Waals surface area contributed by atoms with Crippen molar-refractivity contribution < 1.29 is 0 Å². The Kier molecular flexibility index (Phi) is 16.0. The van der Waals surface area contributed by atoms with Crippen LogP contribution in [0.2, 0.25) is 0 Å². The molecule has 8 heterocycles. The lowest BCUT2D eigenvalue weighted by atomic mass is 9.63. The molecule has 6 heteroatoms. The van der Waals surface area contributed by atoms with Crippen LogP contribution >= 0.6 is 0 Å². The molecule has 0 aromatic rings. The van der Waals surface area contributed by atoms with Gasteiger partial charge in [0.1, 0.15) is 0 Å². The number of nitrogens with zero attached hydrogens (tertiary/aromatic N) is 5. The summed E-state index contributed by atoms with van der Waals surface area (Å²) in [4.78, 5) is 13.5. The highest BCUT2D eigenvalue weighted by Crippen LogP contribution is 2.49. The van der Waals surface area contributed by atoms with Crippen molar-refractivity contribution in [2.24, 2.45) is 35.5 Å². The molecule has 13 aliphatic rings. The molecule has 5 aliphatic carbocycles. The molecule has 8 saturated heterocycles. The third-order valence-corrected chi connectivity index (χ3v) is 17.7. The van der Waals surface area contributed by atoms with Crippen molar-refractivity contribution in [1.82, 2.24) is 29.8 Å². The number of hydrogen-bond acceptors (Lipinski definition) is 6. The van der Waals surface area contributed by atoms with Crippen molar-refractivity contribution in [3.63, 3.8) is 0 Å². The van der Waals surface area contributed by atoms with Crippen LogP contribution in [0, 0.1) is 35.5 Å². The second-order valence-corrected chi connectivity index (χ2v) is 23.4. The molecule has 5 saturated carbocycles. The van der Waals surface area contributed by atoms with Gasteiger partial charge in [0.05, 0.1) is 0 Å². The van der Waals surface area contributed by atoms with Crippen LogP contribution in [0.3, 0.4) is 0 Å². The molecule has 0 aromatic heterocycles. The summed E-state index contributed by atoms with van der Waals surface area (Å²) in [5, 5.41) is 3.50. The zero-order valence-corrected chi connectivity index (χ0v) is 39.5. The molecule has 57 heavy (non-hydrogen) atoms. The Labute approximate surface area is 354 Å². The van der Waals surface area contributed by atoms with Crippen molar-refractivity contribution in [2.45, 2.75) is 251 Å². The van der Waals surface area contributed by atoms with E-state index in [-0.39, 0.29) is 0 Å². The molecule has 6 nitrogen and oxygen atoms in total. The van der Waals surface area contributed by atoms with Gasteiger partial charge in [-0.25, -0.2) is 0 Å². The van der Waals surface area contributed by atoms with Crippen LogP contribution in [-0.2, 0) is 0 Å². The van der Waals surface area contributed by atoms with Crippen LogP contribution < -0.4 is 5.32 Å². The number of piperazine rings is 1. The zero-order chi connectivity index (χ0) is 40.4. The van der Waals surface area contributed by atoms with E-state index >= 15 is 0 Å². The summed E-state index contributed by atoms with van der Waals surface area (Å²) in [5.74, 6) is 6.41. The predicted octanol–water partition coefficient (Wildman–Crippen LogP) is 10.2. The lowest BCUT2D eigenvalue weighted by Crippen LogP contribution is -2.59. The largest absolute Gasteiger partial charge is 0.311 e. The van der Waals surface area contributed by atoms with E-state index in [4.69, 9.17) is 0 Å². The third kappa shape index (κ3) is 11.4. The van der Waals surface area contributed by atoms with Crippen LogP contribution in [-0.4, -0.2) is 130 Å². The van der Waals surface area contributed by atoms with E-state index in [1.165, 1.54) is 148 Å². The van der Waals surface area contributed by atoms with Gasteiger partial charge in [0.15, 0.2) is 0 Å². The second-order valence-electron chi connectivity index (χ2n) is 23.4. The van der Waals surface area contributed by atoms with E-state index in [1.807, 2.05) is 0 Å². The lowest BCUT2D eigenvalue weighted by Gasteiger charge is -2.58. The van der Waals surface area contributed by atoms with Gasteiger partial charge in [-0.1, -0.05) is 12.8 Å². The number of hydrogen-bond donors (Lipinski definition) is 1. The molecule has 0 amide bonds. The van der Waals surface area contributed by atoms with Gasteiger partial charge in [0.2, 0.25) is 0 Å². The minimum absolute atomic E-state index is 0.747. The van der Waals surface area contributed by atoms with Gasteiger partial charge in [-0.15, -0.1) is 0 Å². The van der Waals surface area contributed by atoms with E-state index in [1.54, 1.807) is 6.42 Å². The fourth-order valence-corrected chi connectivity index (χ4v) is 15.1. The molecule has 0 aromatic carbocycles. The molecule has 8 unspecified atom stereocenters. The molecular formula is C51H96N6. The van der Waals surface area contributed by atoms with Crippen molar-refractivity contribution in [3.8, 4) is 0 Å². The Morgan fingerprint density at radius 1 is 0.351 bits per heavy atom. The summed E-state index contributed by atoms with van der Waals surface area (Å²) in [6.45, 7) is 31.4. The predicted molar refractivity (Wildman–Crippen MR) is 244 cm³/mol. The molecule has 8 aliphatic heterocycles. The first kappa shape index (κ1) is 44.8. The molecule has 13 rings (SSSR count). The van der Waals surface area contributed by atoms with Crippen LogP contribution in [0.4, 0.5) is 0 Å². The van der Waals surface area contributed by atoms with Crippen molar-refractivity contribution >= 4 is 0 Å². The fraction of sp³-hybridized carbons (Fsp3) is 1.00. The Balaban J connectivity index is 0.000000109. The fourth-order valence-electron chi connectivity index (χ4n) is 15.1. The number of fused-ring (bicyclic) bond motifs is 10. The summed E-state index contributed by atoms with van der Waals surface area (Å²) in [7, 11) is 0. The maximum Gasteiger partial charge on any atom is 0.0239 e. The highest BCUT2D eigenvalue weighted by molar-refractivity contribution is 5.02. The van der Waals surface area contributed by atoms with Crippen molar-refractivity contribution in [1.29, 1.82) is 0 Å². The molecule has 8 atom stereocenters. The van der Waals surface area contributed by atoms with Crippen LogP contribution in [0.25, 0.3) is 0 Å². The zero-order valence-electron chi connectivity index (χ0n) is 39.5. The molecule has 0 spiro atoms. The maximum atomic E-state index is 3.50. The third-order valence-electron chi connectivity index (χ3n) is 17.7. The quantitative estimate of drug-likeness (QED) is 0.298. The highest BCUT2D eigenvalue weighted by atomic mass is 15.3. The van der Waals surface area contributed by atoms with Gasteiger partial charge < -0.3 is 10.2 Å². The van der Waals surface area contributed by atoms with Crippen molar-refractivity contribution in [3.05, 3.63) is 0 Å². The van der Waals surface area contributed by atoms with Crippen LogP contribution in [0.5, 0.6) is 0 Å². The first-order valence-electron chi connectivity index (χ1n) is 25.8. The number of rotatable bonds is 5. The maximum absolute atomic E-state index is 3.50. The minimum Gasteiger partial charge on any atom is -0.311 e. The Morgan fingerprint density at radius 3 is 1.32 bits per heavy atom. The minimum atomic E-state index is 0.747. The number of piperidine rings is 4. The molecule has 0 radical (unpaired) electrons. The molecular weight excluding hydrogens is 697 g/mol. The van der Waals surface area contributed by atoms with E-state index in [9.17, 15) is 0 Å². The standard InChI is InChI=1S/C12H21N.C11H21N.2C10H19N.C8H16N2/c1-8(2)13-11-4-9-3-10(6-11)7-12(13)5-9;1-9(2)12-8-10-4-3-5-11(12)7-6-10;1-8(2)11-6-9-3-4-10(5-9)7-11;1-8(2)11-7-9-4-3-5-10(11)6-9;1-6(2)10-5-7-3-8(10)4-9-7/h8-12H,3-7H2,1-2H3;9-11H,3-8H2,1-2H3;2*8-10H,3-7H2,1-2H3;6-9H,3-5H2,1-2H3. The topological polar surface area (TPSA) is 28.2 Å². The first-order chi connectivity index (χ1) is 27.3. The van der Waals surface area contributed by atoms with E-state index in [0.717, 1.165) is 102 Å². The van der Waals surface area contributed by atoms with Gasteiger partial charge >= 0.3 is 0 Å². The van der Waals surface area contributed by atoms with Gasteiger partial charge in [-0.2, -0.15) is 0 Å². The molecule has 330 valence electrons. The Hall–Kier alpha value is -0.240. The highest BCUT2D eigenvalue weighted by Gasteiger charge is 2.47. The summed E-state index contributed by atoms with van der Waals surface area (Å²) < 4.78 is 0. The number of nitrogens with one attached hydrogen (secondary N) is 1. The van der Waals surface area contributed by atoms with Gasteiger partial charge in [-0.05, 0) is 207 Å².